The predicted octanol–water partition coefficient (Wildman–Crippen LogP) is 2.27. The molecule has 2 heterocycles. The summed E-state index contributed by atoms with van der Waals surface area (Å²) < 4.78 is 8.83. The first kappa shape index (κ1) is 17.8. The zero-order chi connectivity index (χ0) is 19.7. The first-order valence-electron chi connectivity index (χ1n) is 8.86. The first-order chi connectivity index (χ1) is 13.6. The average Bonchev–Trinajstić information content (AvgIpc) is 3.11. The van der Waals surface area contributed by atoms with E-state index < -0.39 is 6.10 Å². The molecule has 0 bridgehead atoms. The van der Waals surface area contributed by atoms with Gasteiger partial charge in [-0.05, 0) is 43.3 Å². The molecule has 2 aromatic carbocycles. The minimum absolute atomic E-state index is 0.0183. The molecule has 28 heavy (non-hydrogen) atoms. The molecule has 1 N–H and O–H groups in total. The number of ether oxygens (including phenoxy) is 1. The molecule has 1 atom stereocenters. The van der Waals surface area contributed by atoms with Gasteiger partial charge in [0.25, 0.3) is 5.56 Å². The smallest absolute Gasteiger partial charge is 0.261 e. The number of aliphatic hydroxyl groups excluding tert-OH is 1. The lowest BCUT2D eigenvalue weighted by atomic mass is 10.2. The molecule has 0 aliphatic rings. The van der Waals surface area contributed by atoms with Gasteiger partial charge in [0.1, 0.15) is 24.1 Å². The lowest BCUT2D eigenvalue weighted by Crippen LogP contribution is -2.31. The van der Waals surface area contributed by atoms with Gasteiger partial charge in [0, 0.05) is 6.07 Å². The number of aryl methyl sites for hydroxylation is 1. The van der Waals surface area contributed by atoms with Crippen molar-refractivity contribution in [2.24, 2.45) is 0 Å². The summed E-state index contributed by atoms with van der Waals surface area (Å²) in [5.41, 5.74) is 2.50. The maximum atomic E-state index is 13.0. The second-order valence-electron chi connectivity index (χ2n) is 6.59. The lowest BCUT2D eigenvalue weighted by Gasteiger charge is -2.16. The molecule has 0 fully saturated rings. The van der Waals surface area contributed by atoms with Gasteiger partial charge in [0.05, 0.1) is 34.8 Å². The molecule has 140 valence electrons. The summed E-state index contributed by atoms with van der Waals surface area (Å²) in [5, 5.41) is 24.3. The number of aliphatic hydroxyl groups is 1. The minimum Gasteiger partial charge on any atom is -0.491 e. The molecule has 0 aliphatic heterocycles. The Kier molecular flexibility index (Phi) is 4.55. The molecular formula is C21H18N4O3. The van der Waals surface area contributed by atoms with Crippen molar-refractivity contribution in [1.82, 2.24) is 14.2 Å². The van der Waals surface area contributed by atoms with Gasteiger partial charge in [-0.25, -0.2) is 4.52 Å². The van der Waals surface area contributed by atoms with E-state index in [-0.39, 0.29) is 18.7 Å². The van der Waals surface area contributed by atoms with Gasteiger partial charge in [0.2, 0.25) is 0 Å². The van der Waals surface area contributed by atoms with Crippen molar-refractivity contribution in [3.63, 3.8) is 0 Å². The van der Waals surface area contributed by atoms with Gasteiger partial charge in [-0.15, -0.1) is 0 Å². The zero-order valence-corrected chi connectivity index (χ0v) is 15.2. The van der Waals surface area contributed by atoms with Crippen LogP contribution >= 0.6 is 0 Å². The minimum atomic E-state index is -0.895. The van der Waals surface area contributed by atoms with Gasteiger partial charge < -0.3 is 9.84 Å². The third-order valence-electron chi connectivity index (χ3n) is 4.52. The number of para-hydroxylation sites is 1. The van der Waals surface area contributed by atoms with E-state index in [4.69, 9.17) is 10.00 Å². The molecule has 7 heteroatoms. The second kappa shape index (κ2) is 7.18. The quantitative estimate of drug-likeness (QED) is 0.578. The number of hydrogen-bond acceptors (Lipinski definition) is 5. The Morgan fingerprint density at radius 3 is 2.71 bits per heavy atom. The summed E-state index contributed by atoms with van der Waals surface area (Å²) in [4.78, 5) is 13.0. The third-order valence-corrected chi connectivity index (χ3v) is 4.52. The third kappa shape index (κ3) is 3.21. The van der Waals surface area contributed by atoms with Gasteiger partial charge in [-0.1, -0.05) is 12.1 Å². The highest BCUT2D eigenvalue weighted by Crippen LogP contribution is 2.15. The van der Waals surface area contributed by atoms with Crippen LogP contribution in [-0.4, -0.2) is 32.0 Å². The summed E-state index contributed by atoms with van der Waals surface area (Å²) >= 11 is 0. The van der Waals surface area contributed by atoms with Crippen molar-refractivity contribution in [1.29, 1.82) is 5.26 Å². The van der Waals surface area contributed by atoms with Crippen molar-refractivity contribution in [3.8, 4) is 11.8 Å². The Morgan fingerprint density at radius 2 is 1.96 bits per heavy atom. The van der Waals surface area contributed by atoms with Gasteiger partial charge in [-0.2, -0.15) is 10.4 Å². The van der Waals surface area contributed by atoms with E-state index >= 15 is 0 Å². The SMILES string of the molecule is Cc1cc2n(CC(O)COc3ccc(C#N)cc3)c(=O)c3ccccc3n2n1. The van der Waals surface area contributed by atoms with E-state index in [1.54, 1.807) is 40.9 Å². The van der Waals surface area contributed by atoms with Crippen molar-refractivity contribution in [3.05, 3.63) is 76.2 Å². The molecule has 0 saturated carbocycles. The normalized spacial score (nSPS) is 12.2. The van der Waals surface area contributed by atoms with E-state index in [1.807, 2.05) is 31.2 Å². The Hall–Kier alpha value is -3.63. The van der Waals surface area contributed by atoms with Crippen LogP contribution in [0, 0.1) is 18.3 Å². The molecule has 0 radical (unpaired) electrons. The largest absolute Gasteiger partial charge is 0.491 e. The first-order valence-corrected chi connectivity index (χ1v) is 8.86. The van der Waals surface area contributed by atoms with Crippen molar-refractivity contribution < 1.29 is 9.84 Å². The number of fused-ring (bicyclic) bond motifs is 3. The van der Waals surface area contributed by atoms with Crippen molar-refractivity contribution in [2.45, 2.75) is 19.6 Å². The lowest BCUT2D eigenvalue weighted by molar-refractivity contribution is 0.0925. The number of rotatable bonds is 5. The maximum Gasteiger partial charge on any atom is 0.261 e. The van der Waals surface area contributed by atoms with Crippen LogP contribution in [0.25, 0.3) is 16.6 Å². The van der Waals surface area contributed by atoms with E-state index in [0.717, 1.165) is 11.2 Å². The van der Waals surface area contributed by atoms with Crippen LogP contribution in [0.1, 0.15) is 11.3 Å². The van der Waals surface area contributed by atoms with Gasteiger partial charge in [0.15, 0.2) is 0 Å². The summed E-state index contributed by atoms with van der Waals surface area (Å²) in [7, 11) is 0. The summed E-state index contributed by atoms with van der Waals surface area (Å²) in [5.74, 6) is 0.550. The molecule has 0 saturated heterocycles. The Bertz CT molecular complexity index is 1250. The van der Waals surface area contributed by atoms with Crippen LogP contribution in [0.2, 0.25) is 0 Å². The van der Waals surface area contributed by atoms with E-state index in [2.05, 4.69) is 5.10 Å². The van der Waals surface area contributed by atoms with E-state index in [0.29, 0.717) is 22.3 Å². The molecule has 0 spiro atoms. The van der Waals surface area contributed by atoms with Crippen LogP contribution in [0.15, 0.2) is 59.4 Å². The fourth-order valence-corrected chi connectivity index (χ4v) is 3.20. The fraction of sp³-hybridized carbons (Fsp3) is 0.190. The van der Waals surface area contributed by atoms with E-state index in [9.17, 15) is 9.90 Å². The van der Waals surface area contributed by atoms with E-state index in [1.165, 1.54) is 4.57 Å². The summed E-state index contributed by atoms with van der Waals surface area (Å²) in [6.07, 6.45) is -0.895. The zero-order valence-electron chi connectivity index (χ0n) is 15.2. The summed E-state index contributed by atoms with van der Waals surface area (Å²) in [6.45, 7) is 1.96. The summed E-state index contributed by atoms with van der Waals surface area (Å²) in [6, 6.07) is 17.8. The number of aromatic nitrogens is 3. The van der Waals surface area contributed by atoms with Crippen LogP contribution in [0.4, 0.5) is 0 Å². The Morgan fingerprint density at radius 1 is 1.21 bits per heavy atom. The predicted molar refractivity (Wildman–Crippen MR) is 104 cm³/mol. The monoisotopic (exact) mass is 374 g/mol. The molecule has 4 aromatic rings. The number of hydrogen-bond donors (Lipinski definition) is 1. The molecule has 0 amide bonds. The molecule has 7 nitrogen and oxygen atoms in total. The molecule has 2 aromatic heterocycles. The molecular weight excluding hydrogens is 356 g/mol. The molecule has 4 rings (SSSR count). The number of nitriles is 1. The number of nitrogens with zero attached hydrogens (tertiary/aromatic N) is 4. The maximum absolute atomic E-state index is 13.0. The van der Waals surface area contributed by atoms with Crippen LogP contribution in [0.5, 0.6) is 5.75 Å². The Labute approximate surface area is 160 Å². The van der Waals surface area contributed by atoms with Crippen LogP contribution in [-0.2, 0) is 6.54 Å². The van der Waals surface area contributed by atoms with Crippen LogP contribution < -0.4 is 10.3 Å². The topological polar surface area (TPSA) is 92.5 Å². The van der Waals surface area contributed by atoms with Crippen molar-refractivity contribution in [2.75, 3.05) is 6.61 Å². The molecule has 0 aliphatic carbocycles. The van der Waals surface area contributed by atoms with Gasteiger partial charge >= 0.3 is 0 Å². The second-order valence-corrected chi connectivity index (χ2v) is 6.59. The number of benzene rings is 2. The fourth-order valence-electron chi connectivity index (χ4n) is 3.20. The van der Waals surface area contributed by atoms with Crippen LogP contribution in [0.3, 0.4) is 0 Å². The highest BCUT2D eigenvalue weighted by Gasteiger charge is 2.16. The Balaban J connectivity index is 1.62. The highest BCUT2D eigenvalue weighted by molar-refractivity contribution is 5.80. The average molecular weight is 374 g/mol. The standard InChI is InChI=1S/C21H18N4O3/c1-14-10-20-24(21(27)18-4-2-3-5-19(18)25(20)23-14)12-16(26)13-28-17-8-6-15(11-22)7-9-17/h2-10,16,26H,12-13H2,1H3. The highest BCUT2D eigenvalue weighted by atomic mass is 16.5. The van der Waals surface area contributed by atoms with Gasteiger partial charge in [-0.3, -0.25) is 9.36 Å². The molecule has 1 unspecified atom stereocenters. The van der Waals surface area contributed by atoms with Crippen molar-refractivity contribution >= 4 is 16.6 Å².